The zero-order valence-corrected chi connectivity index (χ0v) is 17.9. The Morgan fingerprint density at radius 1 is 1.17 bits per heavy atom. The summed E-state index contributed by atoms with van der Waals surface area (Å²) < 4.78 is 44.0. The fourth-order valence-corrected chi connectivity index (χ4v) is 3.84. The van der Waals surface area contributed by atoms with Crippen molar-refractivity contribution in [2.45, 2.75) is 26.3 Å². The van der Waals surface area contributed by atoms with Crippen molar-refractivity contribution in [1.29, 1.82) is 0 Å². The van der Waals surface area contributed by atoms with Crippen LogP contribution in [0.5, 0.6) is 5.75 Å². The molecule has 1 atom stereocenters. The Morgan fingerprint density at radius 3 is 2.34 bits per heavy atom. The van der Waals surface area contributed by atoms with E-state index in [1.807, 2.05) is 38.1 Å². The Balaban J connectivity index is 2.22. The van der Waals surface area contributed by atoms with Crippen molar-refractivity contribution in [2.75, 3.05) is 24.2 Å². The van der Waals surface area contributed by atoms with E-state index in [9.17, 15) is 17.6 Å². The monoisotopic (exact) mass is 422 g/mol. The molecule has 0 heterocycles. The second kappa shape index (κ2) is 9.73. The van der Waals surface area contributed by atoms with Gasteiger partial charge >= 0.3 is 0 Å². The van der Waals surface area contributed by atoms with E-state index in [1.54, 1.807) is 7.11 Å². The van der Waals surface area contributed by atoms with Crippen LogP contribution in [0.1, 0.15) is 31.9 Å². The second-order valence-corrected chi connectivity index (χ2v) is 9.18. The summed E-state index contributed by atoms with van der Waals surface area (Å²) in [6, 6.07) is 12.2. The molecule has 0 bridgehead atoms. The van der Waals surface area contributed by atoms with E-state index in [0.29, 0.717) is 18.1 Å². The summed E-state index contributed by atoms with van der Waals surface area (Å²) in [5.41, 5.74) is 0.997. The molecule has 158 valence electrons. The first-order valence-electron chi connectivity index (χ1n) is 9.26. The highest BCUT2D eigenvalue weighted by atomic mass is 32.2. The number of hydrogen-bond donors (Lipinski definition) is 1. The Labute approximate surface area is 171 Å². The number of carbonyl (C=O) groups excluding carboxylic acids is 1. The van der Waals surface area contributed by atoms with E-state index in [2.05, 4.69) is 5.32 Å². The summed E-state index contributed by atoms with van der Waals surface area (Å²) in [5.74, 6) is -0.0389. The fraction of sp³-hybridized carbons (Fsp3) is 0.381. The van der Waals surface area contributed by atoms with Crippen molar-refractivity contribution in [2.24, 2.45) is 5.92 Å². The van der Waals surface area contributed by atoms with Gasteiger partial charge in [0, 0.05) is 0 Å². The van der Waals surface area contributed by atoms with Crippen LogP contribution in [0.3, 0.4) is 0 Å². The van der Waals surface area contributed by atoms with Gasteiger partial charge in [-0.15, -0.1) is 0 Å². The number of anilines is 1. The van der Waals surface area contributed by atoms with Gasteiger partial charge in [0.15, 0.2) is 0 Å². The molecular weight excluding hydrogens is 395 g/mol. The highest BCUT2D eigenvalue weighted by Crippen LogP contribution is 2.24. The Bertz CT molecular complexity index is 930. The van der Waals surface area contributed by atoms with Gasteiger partial charge in [-0.25, -0.2) is 12.8 Å². The SMILES string of the molecule is COc1ccc([C@H](CC(C)C)NC(=O)CN(c2cccc(F)c2)S(C)(=O)=O)cc1. The molecule has 0 aliphatic carbocycles. The second-order valence-electron chi connectivity index (χ2n) is 7.27. The quantitative estimate of drug-likeness (QED) is 0.671. The average Bonchev–Trinajstić information content (AvgIpc) is 2.64. The van der Waals surface area contributed by atoms with Gasteiger partial charge in [-0.3, -0.25) is 9.10 Å². The van der Waals surface area contributed by atoms with Crippen LogP contribution in [0.4, 0.5) is 10.1 Å². The summed E-state index contributed by atoms with van der Waals surface area (Å²) in [4.78, 5) is 12.7. The molecule has 0 saturated carbocycles. The molecule has 1 amide bonds. The van der Waals surface area contributed by atoms with Gasteiger partial charge < -0.3 is 10.1 Å². The highest BCUT2D eigenvalue weighted by molar-refractivity contribution is 7.92. The van der Waals surface area contributed by atoms with Crippen LogP contribution in [0.15, 0.2) is 48.5 Å². The van der Waals surface area contributed by atoms with Crippen molar-refractivity contribution in [3.05, 3.63) is 59.9 Å². The Morgan fingerprint density at radius 2 is 1.83 bits per heavy atom. The number of amides is 1. The van der Waals surface area contributed by atoms with Crippen LogP contribution in [0.2, 0.25) is 0 Å². The number of rotatable bonds is 9. The maximum Gasteiger partial charge on any atom is 0.241 e. The summed E-state index contributed by atoms with van der Waals surface area (Å²) in [7, 11) is -2.20. The molecule has 2 aromatic rings. The molecule has 0 spiro atoms. The lowest BCUT2D eigenvalue weighted by atomic mass is 9.97. The number of nitrogens with zero attached hydrogens (tertiary/aromatic N) is 1. The maximum atomic E-state index is 13.6. The molecule has 0 unspecified atom stereocenters. The normalized spacial score (nSPS) is 12.5. The third kappa shape index (κ3) is 6.74. The number of methoxy groups -OCH3 is 1. The predicted octanol–water partition coefficient (Wildman–Crippen LogP) is 3.50. The summed E-state index contributed by atoms with van der Waals surface area (Å²) in [5, 5.41) is 2.91. The zero-order valence-electron chi connectivity index (χ0n) is 17.1. The third-order valence-electron chi connectivity index (χ3n) is 4.34. The number of sulfonamides is 1. The van der Waals surface area contributed by atoms with Crippen molar-refractivity contribution in [1.82, 2.24) is 5.32 Å². The first kappa shape index (κ1) is 22.7. The minimum absolute atomic E-state index is 0.104. The first-order chi connectivity index (χ1) is 13.6. The van der Waals surface area contributed by atoms with E-state index in [-0.39, 0.29) is 11.7 Å². The van der Waals surface area contributed by atoms with E-state index in [1.165, 1.54) is 18.2 Å². The van der Waals surface area contributed by atoms with Gasteiger partial charge in [0.2, 0.25) is 15.9 Å². The minimum atomic E-state index is -3.77. The van der Waals surface area contributed by atoms with Crippen LogP contribution in [-0.2, 0) is 14.8 Å². The van der Waals surface area contributed by atoms with Crippen LogP contribution in [0.25, 0.3) is 0 Å². The topological polar surface area (TPSA) is 75.7 Å². The van der Waals surface area contributed by atoms with Gasteiger partial charge in [0.05, 0.1) is 25.1 Å². The van der Waals surface area contributed by atoms with Gasteiger partial charge in [0.25, 0.3) is 0 Å². The minimum Gasteiger partial charge on any atom is -0.497 e. The van der Waals surface area contributed by atoms with Crippen LogP contribution >= 0.6 is 0 Å². The molecule has 29 heavy (non-hydrogen) atoms. The lowest BCUT2D eigenvalue weighted by molar-refractivity contribution is -0.120. The van der Waals surface area contributed by atoms with Crippen molar-refractivity contribution >= 4 is 21.6 Å². The molecule has 2 rings (SSSR count). The summed E-state index contributed by atoms with van der Waals surface area (Å²) in [6.07, 6.45) is 1.66. The molecule has 0 aromatic heterocycles. The average molecular weight is 423 g/mol. The van der Waals surface area contributed by atoms with Crippen molar-refractivity contribution < 1.29 is 22.3 Å². The number of hydrogen-bond acceptors (Lipinski definition) is 4. The van der Waals surface area contributed by atoms with Crippen molar-refractivity contribution in [3.8, 4) is 5.75 Å². The molecule has 2 aromatic carbocycles. The van der Waals surface area contributed by atoms with E-state index < -0.39 is 28.3 Å². The fourth-order valence-electron chi connectivity index (χ4n) is 2.99. The largest absolute Gasteiger partial charge is 0.497 e. The van der Waals surface area contributed by atoms with Crippen LogP contribution in [-0.4, -0.2) is 34.2 Å². The standard InChI is InChI=1S/C21H27FN2O4S/c1-15(2)12-20(16-8-10-19(28-3)11-9-16)23-21(25)14-24(29(4,26)27)18-7-5-6-17(22)13-18/h5-11,13,15,20H,12,14H2,1-4H3,(H,23,25)/t20-/m0/s1. The third-order valence-corrected chi connectivity index (χ3v) is 5.48. The zero-order chi connectivity index (χ0) is 21.6. The smallest absolute Gasteiger partial charge is 0.241 e. The van der Waals surface area contributed by atoms with Gasteiger partial charge in [-0.05, 0) is 48.2 Å². The molecule has 0 aliphatic heterocycles. The number of carbonyl (C=O) groups is 1. The summed E-state index contributed by atoms with van der Waals surface area (Å²) in [6.45, 7) is 3.64. The Kier molecular flexibility index (Phi) is 7.61. The molecule has 1 N–H and O–H groups in total. The molecule has 0 radical (unpaired) electrons. The molecule has 8 heteroatoms. The van der Waals surface area contributed by atoms with Crippen LogP contribution in [0, 0.1) is 11.7 Å². The van der Waals surface area contributed by atoms with E-state index in [0.717, 1.165) is 22.2 Å². The van der Waals surface area contributed by atoms with Gasteiger partial charge in [-0.1, -0.05) is 32.0 Å². The van der Waals surface area contributed by atoms with E-state index >= 15 is 0 Å². The lowest BCUT2D eigenvalue weighted by Gasteiger charge is -2.25. The lowest BCUT2D eigenvalue weighted by Crippen LogP contribution is -2.41. The summed E-state index contributed by atoms with van der Waals surface area (Å²) >= 11 is 0. The van der Waals surface area contributed by atoms with Crippen LogP contribution < -0.4 is 14.4 Å². The maximum absolute atomic E-state index is 13.6. The molecule has 0 aliphatic rings. The number of ether oxygens (including phenoxy) is 1. The predicted molar refractivity (Wildman–Crippen MR) is 112 cm³/mol. The number of benzene rings is 2. The highest BCUT2D eigenvalue weighted by Gasteiger charge is 2.23. The Hall–Kier alpha value is -2.61. The molecule has 0 saturated heterocycles. The molecule has 0 fully saturated rings. The van der Waals surface area contributed by atoms with Gasteiger partial charge in [-0.2, -0.15) is 0 Å². The first-order valence-corrected chi connectivity index (χ1v) is 11.1. The number of halogens is 1. The van der Waals surface area contributed by atoms with Gasteiger partial charge in [0.1, 0.15) is 18.1 Å². The van der Waals surface area contributed by atoms with E-state index in [4.69, 9.17) is 4.74 Å². The molecule has 6 nitrogen and oxygen atoms in total. The molecular formula is C21H27FN2O4S. The number of nitrogens with one attached hydrogen (secondary N) is 1. The van der Waals surface area contributed by atoms with Crippen molar-refractivity contribution in [3.63, 3.8) is 0 Å².